The van der Waals surface area contributed by atoms with E-state index in [0.717, 1.165) is 56.9 Å². The fourth-order valence-corrected chi connectivity index (χ4v) is 4.25. The summed E-state index contributed by atoms with van der Waals surface area (Å²) in [7, 11) is 2.02. The molecule has 0 aliphatic carbocycles. The van der Waals surface area contributed by atoms with Crippen molar-refractivity contribution in [1.29, 1.82) is 0 Å². The van der Waals surface area contributed by atoms with Crippen LogP contribution in [-0.4, -0.2) is 56.5 Å². The van der Waals surface area contributed by atoms with Crippen LogP contribution >= 0.6 is 0 Å². The number of likely N-dealkylation sites (tertiary alicyclic amines) is 1. The van der Waals surface area contributed by atoms with Gasteiger partial charge in [0, 0.05) is 52.2 Å². The van der Waals surface area contributed by atoms with Gasteiger partial charge >= 0.3 is 0 Å². The molecule has 0 saturated carbocycles. The predicted molar refractivity (Wildman–Crippen MR) is 99.9 cm³/mol. The molecule has 2 fully saturated rings. The van der Waals surface area contributed by atoms with E-state index in [1.165, 1.54) is 5.69 Å². The van der Waals surface area contributed by atoms with E-state index in [9.17, 15) is 0 Å². The lowest BCUT2D eigenvalue weighted by atomic mass is 9.79. The van der Waals surface area contributed by atoms with Gasteiger partial charge in [0.1, 0.15) is 0 Å². The van der Waals surface area contributed by atoms with Crippen molar-refractivity contribution < 1.29 is 4.74 Å². The van der Waals surface area contributed by atoms with Crippen molar-refractivity contribution in [2.45, 2.75) is 38.8 Å². The van der Waals surface area contributed by atoms with Gasteiger partial charge in [0.25, 0.3) is 0 Å². The van der Waals surface area contributed by atoms with Crippen LogP contribution in [0.1, 0.15) is 29.8 Å². The Balaban J connectivity index is 1.27. The first-order valence-electron chi connectivity index (χ1n) is 9.42. The number of ether oxygens (including phenoxy) is 1. The zero-order valence-electron chi connectivity index (χ0n) is 15.9. The van der Waals surface area contributed by atoms with E-state index in [4.69, 9.17) is 4.74 Å². The SMILES string of the molecule is Cc1cnc(NCC[C@@H]2CCOC23CN(Cc2cc(C)nn2C)C3)nc1. The van der Waals surface area contributed by atoms with Gasteiger partial charge in [0.2, 0.25) is 5.95 Å². The molecule has 0 amide bonds. The average Bonchev–Trinajstić information content (AvgIpc) is 3.13. The molecule has 2 saturated heterocycles. The van der Waals surface area contributed by atoms with Crippen LogP contribution in [-0.2, 0) is 18.3 Å². The second kappa shape index (κ2) is 6.96. The quantitative estimate of drug-likeness (QED) is 0.853. The molecule has 0 unspecified atom stereocenters. The summed E-state index contributed by atoms with van der Waals surface area (Å²) < 4.78 is 8.17. The Bertz CT molecular complexity index is 750. The van der Waals surface area contributed by atoms with Gasteiger partial charge < -0.3 is 10.1 Å². The van der Waals surface area contributed by atoms with E-state index >= 15 is 0 Å². The Kier molecular flexibility index (Phi) is 4.67. The number of aryl methyl sites for hydroxylation is 3. The number of aromatic nitrogens is 4. The zero-order valence-corrected chi connectivity index (χ0v) is 15.9. The van der Waals surface area contributed by atoms with E-state index in [1.807, 2.05) is 38.0 Å². The Morgan fingerprint density at radius 1 is 1.27 bits per heavy atom. The molecule has 2 aliphatic rings. The third-order valence-electron chi connectivity index (χ3n) is 5.62. The maximum atomic E-state index is 6.19. The lowest BCUT2D eigenvalue weighted by Crippen LogP contribution is -2.64. The van der Waals surface area contributed by atoms with Crippen LogP contribution in [0.2, 0.25) is 0 Å². The van der Waals surface area contributed by atoms with Crippen LogP contribution in [0.25, 0.3) is 0 Å². The number of hydrogen-bond donors (Lipinski definition) is 1. The molecule has 2 aliphatic heterocycles. The topological polar surface area (TPSA) is 68.1 Å². The van der Waals surface area contributed by atoms with Gasteiger partial charge in [-0.25, -0.2) is 9.97 Å². The van der Waals surface area contributed by atoms with Crippen LogP contribution in [0.3, 0.4) is 0 Å². The standard InChI is InChI=1S/C19H28N6O/c1-14-9-21-18(22-10-14)20-6-4-16-5-7-26-19(16)12-25(13-19)11-17-8-15(2)23-24(17)3/h8-10,16H,4-7,11-13H2,1-3H3,(H,20,21,22)/t16-/m1/s1. The Labute approximate surface area is 154 Å². The Hall–Kier alpha value is -1.99. The van der Waals surface area contributed by atoms with Crippen molar-refractivity contribution in [2.75, 3.05) is 31.6 Å². The van der Waals surface area contributed by atoms with E-state index < -0.39 is 0 Å². The minimum absolute atomic E-state index is 0.0451. The Morgan fingerprint density at radius 3 is 2.73 bits per heavy atom. The average molecular weight is 356 g/mol. The first kappa shape index (κ1) is 17.4. The van der Waals surface area contributed by atoms with Crippen molar-refractivity contribution in [3.8, 4) is 0 Å². The highest BCUT2D eigenvalue weighted by atomic mass is 16.5. The molecule has 7 nitrogen and oxygen atoms in total. The minimum atomic E-state index is 0.0451. The first-order chi connectivity index (χ1) is 12.5. The van der Waals surface area contributed by atoms with Crippen molar-refractivity contribution in [2.24, 2.45) is 13.0 Å². The number of anilines is 1. The first-order valence-corrected chi connectivity index (χ1v) is 9.42. The van der Waals surface area contributed by atoms with Gasteiger partial charge in [-0.1, -0.05) is 0 Å². The Morgan fingerprint density at radius 2 is 2.04 bits per heavy atom. The molecule has 1 N–H and O–H groups in total. The molecule has 4 heterocycles. The maximum Gasteiger partial charge on any atom is 0.222 e. The van der Waals surface area contributed by atoms with Crippen molar-refractivity contribution >= 4 is 5.95 Å². The van der Waals surface area contributed by atoms with E-state index in [0.29, 0.717) is 11.9 Å². The van der Waals surface area contributed by atoms with Crippen LogP contribution in [0.5, 0.6) is 0 Å². The summed E-state index contributed by atoms with van der Waals surface area (Å²) in [5.74, 6) is 1.32. The van der Waals surface area contributed by atoms with Crippen molar-refractivity contribution in [3.05, 3.63) is 35.4 Å². The molecular formula is C19H28N6O. The fraction of sp³-hybridized carbons (Fsp3) is 0.632. The lowest BCUT2D eigenvalue weighted by molar-refractivity contribution is -0.137. The highest BCUT2D eigenvalue weighted by Gasteiger charge is 2.52. The van der Waals surface area contributed by atoms with Crippen LogP contribution in [0, 0.1) is 19.8 Å². The third-order valence-corrected chi connectivity index (χ3v) is 5.62. The summed E-state index contributed by atoms with van der Waals surface area (Å²) in [6, 6.07) is 2.17. The van der Waals surface area contributed by atoms with Crippen LogP contribution in [0.4, 0.5) is 5.95 Å². The summed E-state index contributed by atoms with van der Waals surface area (Å²) >= 11 is 0. The number of nitrogens with one attached hydrogen (secondary N) is 1. The highest BCUT2D eigenvalue weighted by Crippen LogP contribution is 2.42. The molecule has 1 spiro atoms. The molecule has 0 aromatic carbocycles. The smallest absolute Gasteiger partial charge is 0.222 e. The monoisotopic (exact) mass is 356 g/mol. The second-order valence-electron chi connectivity index (χ2n) is 7.74. The zero-order chi connectivity index (χ0) is 18.1. The van der Waals surface area contributed by atoms with Gasteiger partial charge in [-0.2, -0.15) is 5.10 Å². The third kappa shape index (κ3) is 3.46. The molecule has 0 bridgehead atoms. The number of rotatable bonds is 6. The summed E-state index contributed by atoms with van der Waals surface area (Å²) in [4.78, 5) is 11.1. The molecule has 7 heteroatoms. The van der Waals surface area contributed by atoms with Crippen LogP contribution < -0.4 is 5.32 Å². The molecule has 2 aromatic heterocycles. The van der Waals surface area contributed by atoms with Crippen LogP contribution in [0.15, 0.2) is 18.5 Å². The molecule has 4 rings (SSSR count). The summed E-state index contributed by atoms with van der Waals surface area (Å²) in [5.41, 5.74) is 3.47. The lowest BCUT2D eigenvalue weighted by Gasteiger charge is -2.50. The largest absolute Gasteiger partial charge is 0.372 e. The van der Waals surface area contributed by atoms with E-state index in [-0.39, 0.29) is 5.60 Å². The van der Waals surface area contributed by atoms with Gasteiger partial charge in [-0.3, -0.25) is 9.58 Å². The van der Waals surface area contributed by atoms with Crippen molar-refractivity contribution in [3.63, 3.8) is 0 Å². The molecule has 26 heavy (non-hydrogen) atoms. The molecule has 140 valence electrons. The van der Waals surface area contributed by atoms with Gasteiger partial charge in [-0.15, -0.1) is 0 Å². The summed E-state index contributed by atoms with van der Waals surface area (Å²) in [6.07, 6.45) is 5.93. The summed E-state index contributed by atoms with van der Waals surface area (Å²) in [5, 5.41) is 7.78. The van der Waals surface area contributed by atoms with E-state index in [2.05, 4.69) is 31.3 Å². The maximum absolute atomic E-state index is 6.19. The fourth-order valence-electron chi connectivity index (χ4n) is 4.25. The predicted octanol–water partition coefficient (Wildman–Crippen LogP) is 1.92. The molecule has 1 atom stereocenters. The normalized spacial score (nSPS) is 21.9. The van der Waals surface area contributed by atoms with Gasteiger partial charge in [0.15, 0.2) is 0 Å². The number of nitrogens with zero attached hydrogens (tertiary/aromatic N) is 5. The second-order valence-corrected chi connectivity index (χ2v) is 7.74. The molecular weight excluding hydrogens is 328 g/mol. The van der Waals surface area contributed by atoms with Crippen molar-refractivity contribution in [1.82, 2.24) is 24.6 Å². The minimum Gasteiger partial charge on any atom is -0.372 e. The summed E-state index contributed by atoms with van der Waals surface area (Å²) in [6.45, 7) is 8.79. The van der Waals surface area contributed by atoms with Gasteiger partial charge in [-0.05, 0) is 44.2 Å². The molecule has 2 aromatic rings. The highest BCUT2D eigenvalue weighted by molar-refractivity contribution is 5.24. The number of hydrogen-bond acceptors (Lipinski definition) is 6. The van der Waals surface area contributed by atoms with Gasteiger partial charge in [0.05, 0.1) is 17.0 Å². The molecule has 0 radical (unpaired) electrons. The van der Waals surface area contributed by atoms with E-state index in [1.54, 1.807) is 0 Å².